The second kappa shape index (κ2) is 75.3. The van der Waals surface area contributed by atoms with Gasteiger partial charge < -0.3 is 39.5 Å². The van der Waals surface area contributed by atoms with Crippen LogP contribution in [-0.4, -0.2) is 85.3 Å². The molecule has 3 N–H and O–H groups in total. The zero-order valence-corrected chi connectivity index (χ0v) is 81.2. The van der Waals surface area contributed by atoms with Crippen molar-refractivity contribution in [3.05, 3.63) is 58.7 Å². The van der Waals surface area contributed by atoms with Gasteiger partial charge in [0.1, 0.15) is 23.1 Å². The molecule has 0 heterocycles. The number of carbonyl (C=O) groups excluding carboxylic acids is 6. The van der Waals surface area contributed by atoms with Gasteiger partial charge in [-0.25, -0.2) is 19.2 Å². The molecule has 0 amide bonds. The third-order valence-corrected chi connectivity index (χ3v) is 73.0. The third kappa shape index (κ3) is 68.6. The molecule has 50 heteroatoms. The fourth-order valence-corrected chi connectivity index (χ4v) is 79.0. The normalized spacial score (nSPS) is 9.34. The Balaban J connectivity index is -0.000000565. The molecule has 0 radical (unpaired) electrons. The van der Waals surface area contributed by atoms with Gasteiger partial charge in [-0.15, -0.1) is 0 Å². The topological polar surface area (TPSA) is 196 Å². The van der Waals surface area contributed by atoms with E-state index in [0.29, 0.717) is 18.9 Å². The van der Waals surface area contributed by atoms with Gasteiger partial charge in [-0.2, -0.15) is 0 Å². The molecule has 0 unspecified atom stereocenters. The number of unbranched alkanes of at least 4 members (excludes halogenated alkanes) is 4. The Kier molecular flexibility index (Phi) is 82.7. The van der Waals surface area contributed by atoms with E-state index in [0.717, 1.165) is 51.4 Å². The first-order valence-corrected chi connectivity index (χ1v) is 70.8. The minimum Gasteiger partial charge on any atom is -0.462 e. The fourth-order valence-electron chi connectivity index (χ4n) is 4.81. The van der Waals surface area contributed by atoms with E-state index >= 15 is 0 Å². The van der Waals surface area contributed by atoms with Crippen molar-refractivity contribution in [2.75, 3.05) is 49.4 Å². The van der Waals surface area contributed by atoms with Crippen LogP contribution >= 0.6 is 15.9 Å². The molecule has 0 fully saturated rings. The summed E-state index contributed by atoms with van der Waals surface area (Å²) in [5.41, 5.74) is 5.80. The van der Waals surface area contributed by atoms with Gasteiger partial charge in [-0.1, -0.05) is 88.9 Å². The van der Waals surface area contributed by atoms with Gasteiger partial charge in [0.25, 0.3) is 0 Å². The smallest absolute Gasteiger partial charge is 0.341 e. The predicted molar refractivity (Wildman–Crippen MR) is 497 cm³/mol. The minimum atomic E-state index is -0.631. The van der Waals surface area contributed by atoms with Crippen LogP contribution in [0.3, 0.4) is 0 Å². The summed E-state index contributed by atoms with van der Waals surface area (Å²) in [6, 6.07) is 9.47. The number of nitrogens with two attached hydrogens (primary N) is 1. The standard InChI is InChI=1S/C22H33NO6.C16H23NO4.C6H11BrO2.CH4.S18.S17/c1-6-8-13-27-20(25)16-11-10-12-17(19(16)21(26)28-14-9-7-2)23-15-18(24)29-22(3,4)5;1-3-5-10-20-15(18)12-8-7-9-13(17)14(12)16(19)21-11-6-4-2;1-6(2,3)9-5(8)4-7;;1-3-5-7-9-11-13-15-17-18-16-14-12-10-8-6-4-2;1-3-5-7-9-11-13-15-17-16-14-12-10-8-6-4-2/h10-12,23H,6-9,13-15H2,1-5H3;7-9H,3-6,10-11,17H2,1-2H3;4H2,1-3H3;1H4;;. The molecular weight excluding hydrogens is 1960 g/mol. The van der Waals surface area contributed by atoms with Crippen LogP contribution in [0.2, 0.25) is 0 Å². The summed E-state index contributed by atoms with van der Waals surface area (Å²) in [6.07, 6.45) is 6.61. The van der Waals surface area contributed by atoms with E-state index < -0.39 is 35.4 Å². The van der Waals surface area contributed by atoms with E-state index in [4.69, 9.17) is 78.9 Å². The molecule has 95 heavy (non-hydrogen) atoms. The van der Waals surface area contributed by atoms with Gasteiger partial charge >= 0.3 is 35.8 Å². The highest BCUT2D eigenvalue weighted by Crippen LogP contribution is 2.24. The number of nitrogens with one attached hydrogen (secondary N) is 1. The number of nitrogen functional groups attached to an aromatic ring is 1. The highest BCUT2D eigenvalue weighted by Gasteiger charge is 2.25. The molecule has 0 aliphatic rings. The van der Waals surface area contributed by atoms with Crippen molar-refractivity contribution in [3.8, 4) is 0 Å². The molecule has 2 rings (SSSR count). The summed E-state index contributed by atoms with van der Waals surface area (Å²) in [6.45, 7) is 19.8. The number of ether oxygens (including phenoxy) is 6. The summed E-state index contributed by atoms with van der Waals surface area (Å²) >= 11 is 22.0. The lowest BCUT2D eigenvalue weighted by atomic mass is 10.0. The molecule has 0 atom stereocenters. The highest BCUT2D eigenvalue weighted by molar-refractivity contribution is 9.09. The summed E-state index contributed by atoms with van der Waals surface area (Å²) < 4.78 is 31.0. The van der Waals surface area contributed by atoms with E-state index in [-0.39, 0.29) is 72.0 Å². The van der Waals surface area contributed by atoms with Crippen LogP contribution in [0.4, 0.5) is 11.4 Å². The van der Waals surface area contributed by atoms with Gasteiger partial charge in [0, 0.05) is 326 Å². The van der Waals surface area contributed by atoms with Crippen molar-refractivity contribution in [2.45, 2.75) is 139 Å². The number of anilines is 2. The van der Waals surface area contributed by atoms with Crippen LogP contribution in [0.5, 0.6) is 0 Å². The third-order valence-electron chi connectivity index (χ3n) is 8.11. The van der Waals surface area contributed by atoms with E-state index in [9.17, 15) is 28.8 Å². The van der Waals surface area contributed by atoms with Crippen LogP contribution in [0.25, 0.3) is 0 Å². The number of esters is 6. The van der Waals surface area contributed by atoms with Crippen molar-refractivity contribution in [2.24, 2.45) is 0 Å². The lowest BCUT2D eigenvalue weighted by molar-refractivity contribution is -0.153. The molecule has 14 nitrogen and oxygen atoms in total. The molecule has 0 aliphatic heterocycles. The zero-order chi connectivity index (χ0) is 70.9. The summed E-state index contributed by atoms with van der Waals surface area (Å²) in [5.74, 6) is -3.04. The Hall–Kier alpha value is 3.04. The largest absolute Gasteiger partial charge is 0.462 e. The molecule has 0 saturated carbocycles. The van der Waals surface area contributed by atoms with Crippen LogP contribution in [-0.2, 0) is 358 Å². The number of hydrogen-bond acceptors (Lipinski definition) is 18. The first-order valence-electron chi connectivity index (χ1n) is 25.7. The molecule has 0 spiro atoms. The number of rotatable bonds is 20. The molecule has 0 bridgehead atoms. The molecule has 550 valence electrons. The summed E-state index contributed by atoms with van der Waals surface area (Å²) in [4.78, 5) is 71.9. The van der Waals surface area contributed by atoms with Crippen molar-refractivity contribution >= 4 is 383 Å². The van der Waals surface area contributed by atoms with Gasteiger partial charge in [0.15, 0.2) is 0 Å². The maximum absolute atomic E-state index is 12.7. The monoisotopic (exact) mass is 2030 g/mol. The van der Waals surface area contributed by atoms with Crippen LogP contribution < -0.4 is 11.1 Å². The van der Waals surface area contributed by atoms with E-state index in [1.54, 1.807) is 285 Å². The second-order valence-electron chi connectivity index (χ2n) is 17.2. The van der Waals surface area contributed by atoms with Crippen LogP contribution in [0, 0.1) is 0 Å². The number of carbonyl (C=O) groups is 6. The first-order chi connectivity index (χ1) is 45.1. The van der Waals surface area contributed by atoms with E-state index in [1.165, 1.54) is 47.7 Å². The highest BCUT2D eigenvalue weighted by atomic mass is 79.9. The zero-order valence-electron chi connectivity index (χ0n) is 51.0. The average molecular weight is 2030 g/mol. The molecule has 2 aromatic carbocycles. The quantitative estimate of drug-likeness (QED) is 0.0417. The van der Waals surface area contributed by atoms with Gasteiger partial charge in [-0.05, 0) is 91.5 Å². The Morgan fingerprint density at radius 2 is 0.674 bits per heavy atom. The number of halogens is 1. The average Bonchev–Trinajstić information content (AvgIpc) is 0.831. The van der Waals surface area contributed by atoms with Crippen LogP contribution in [0.1, 0.15) is 169 Å². The number of alkyl halides is 1. The lowest BCUT2D eigenvalue weighted by Crippen LogP contribution is -2.28. The van der Waals surface area contributed by atoms with Gasteiger partial charge in [-0.3, -0.25) is 9.59 Å². The molecular formula is C45H71BrN2O12S35. The number of hydrogen-bond donors (Lipinski definition) is 2. The van der Waals surface area contributed by atoms with Crippen molar-refractivity contribution < 1.29 is 57.2 Å². The maximum atomic E-state index is 12.7. The van der Waals surface area contributed by atoms with E-state index in [1.807, 2.05) is 48.5 Å². The first kappa shape index (κ1) is 104. The Labute approximate surface area is 675 Å². The summed E-state index contributed by atoms with van der Waals surface area (Å²) in [5, 5.41) is 3.15. The molecule has 0 aliphatic carbocycles. The Bertz CT molecular complexity index is 4140. The molecule has 0 aromatic heterocycles. The lowest BCUT2D eigenvalue weighted by Gasteiger charge is -2.20. The SMILES string of the molecule is C.CC(C)(C)OC(=O)CBr.CCCCOC(=O)c1cccc(N)c1C(=O)OCCCC.CCCCOC(=O)c1cccc(NCC(=O)OC(C)(C)C)c1C(=O)OCCCC.S=S=S=S=S=S=S=S=S=S=S=S=S=S=S=S=S.S=S=S=S=S=S=S=S=S=S=S=S=S=S=S=S=S=S. The predicted octanol–water partition coefficient (Wildman–Crippen LogP) is 9.81. The van der Waals surface area contributed by atoms with Gasteiger partial charge in [0.2, 0.25) is 0 Å². The minimum absolute atomic E-state index is 0. The Morgan fingerprint density at radius 1 is 0.411 bits per heavy atom. The van der Waals surface area contributed by atoms with Crippen LogP contribution in [0.15, 0.2) is 36.4 Å². The maximum Gasteiger partial charge on any atom is 0.341 e. The Morgan fingerprint density at radius 3 is 0.947 bits per heavy atom. The molecule has 2 aromatic rings. The van der Waals surface area contributed by atoms with Crippen molar-refractivity contribution in [3.63, 3.8) is 0 Å². The summed E-state index contributed by atoms with van der Waals surface area (Å²) in [7, 11) is 52.5. The number of benzene rings is 2. The van der Waals surface area contributed by atoms with Crippen molar-refractivity contribution in [1.29, 1.82) is 0 Å². The fraction of sp³-hybridized carbons (Fsp3) is 0.600. The molecule has 0 saturated heterocycles. The van der Waals surface area contributed by atoms with E-state index in [2.05, 4.69) is 21.2 Å². The van der Waals surface area contributed by atoms with Crippen molar-refractivity contribution in [1.82, 2.24) is 0 Å². The van der Waals surface area contributed by atoms with Gasteiger partial charge in [0.05, 0.1) is 54.4 Å². The second-order valence-corrected chi connectivity index (χ2v) is 72.6.